The largest absolute Gasteiger partial charge is 0.507 e. The zero-order chi connectivity index (χ0) is 13.0. The Bertz CT molecular complexity index is 371. The summed E-state index contributed by atoms with van der Waals surface area (Å²) in [6, 6.07) is 4.84. The third-order valence-electron chi connectivity index (χ3n) is 3.42. The molecule has 0 spiro atoms. The topological polar surface area (TPSA) is 52.5 Å². The van der Waals surface area contributed by atoms with Gasteiger partial charge in [0.05, 0.1) is 5.56 Å². The minimum Gasteiger partial charge on any atom is -0.507 e. The molecule has 0 bridgehead atoms. The zero-order valence-corrected chi connectivity index (χ0v) is 11.5. The van der Waals surface area contributed by atoms with Crippen LogP contribution >= 0.6 is 11.8 Å². The van der Waals surface area contributed by atoms with Gasteiger partial charge in [-0.2, -0.15) is 11.8 Å². The zero-order valence-electron chi connectivity index (χ0n) is 10.7. The summed E-state index contributed by atoms with van der Waals surface area (Å²) in [5.74, 6) is 1.57. The quantitative estimate of drug-likeness (QED) is 0.785. The number of nitrogens with one attached hydrogen (secondary N) is 1. The number of hydrogen-bond acceptors (Lipinski definition) is 4. The average Bonchev–Trinajstić information content (AvgIpc) is 2.37. The summed E-state index contributed by atoms with van der Waals surface area (Å²) in [6.45, 7) is 2.90. The Labute approximate surface area is 113 Å². The highest BCUT2D eigenvalue weighted by Gasteiger charge is 2.18. The molecule has 0 amide bonds. The SMILES string of the molecule is CC(NCC1CCCCS1)c1c(O)cccc1O. The van der Waals surface area contributed by atoms with Gasteiger partial charge >= 0.3 is 0 Å². The Morgan fingerprint density at radius 2 is 2.06 bits per heavy atom. The highest BCUT2D eigenvalue weighted by molar-refractivity contribution is 7.99. The molecule has 100 valence electrons. The summed E-state index contributed by atoms with van der Waals surface area (Å²) >= 11 is 2.02. The number of benzene rings is 1. The Kier molecular flexibility index (Phi) is 4.78. The summed E-state index contributed by atoms with van der Waals surface area (Å²) < 4.78 is 0. The molecule has 2 rings (SSSR count). The normalized spacial score (nSPS) is 21.7. The summed E-state index contributed by atoms with van der Waals surface area (Å²) in [5.41, 5.74) is 0.596. The standard InChI is InChI=1S/C14H21NO2S/c1-10(14-12(16)6-4-7-13(14)17)15-9-11-5-2-3-8-18-11/h4,6-7,10-11,15-17H,2-3,5,8-9H2,1H3. The molecule has 1 saturated heterocycles. The molecule has 0 radical (unpaired) electrons. The molecule has 1 aliphatic rings. The lowest BCUT2D eigenvalue weighted by molar-refractivity contribution is 0.417. The van der Waals surface area contributed by atoms with Gasteiger partial charge in [0.15, 0.2) is 0 Å². The van der Waals surface area contributed by atoms with E-state index in [0.29, 0.717) is 10.8 Å². The Morgan fingerprint density at radius 3 is 2.67 bits per heavy atom. The fourth-order valence-electron chi connectivity index (χ4n) is 2.36. The third kappa shape index (κ3) is 3.33. The predicted octanol–water partition coefficient (Wildman–Crippen LogP) is 3.03. The van der Waals surface area contributed by atoms with E-state index in [1.165, 1.54) is 25.0 Å². The van der Waals surface area contributed by atoms with Gasteiger partial charge in [-0.1, -0.05) is 12.5 Å². The highest BCUT2D eigenvalue weighted by atomic mass is 32.2. The Hall–Kier alpha value is -0.870. The Balaban J connectivity index is 1.92. The maximum absolute atomic E-state index is 9.79. The van der Waals surface area contributed by atoms with Gasteiger partial charge < -0.3 is 15.5 Å². The average molecular weight is 267 g/mol. The van der Waals surface area contributed by atoms with Crippen LogP contribution in [0.15, 0.2) is 18.2 Å². The van der Waals surface area contributed by atoms with Gasteiger partial charge in [-0.3, -0.25) is 0 Å². The number of hydrogen-bond donors (Lipinski definition) is 3. The fraction of sp³-hybridized carbons (Fsp3) is 0.571. The van der Waals surface area contributed by atoms with Crippen molar-refractivity contribution in [3.05, 3.63) is 23.8 Å². The van der Waals surface area contributed by atoms with Crippen LogP contribution in [0.25, 0.3) is 0 Å². The van der Waals surface area contributed by atoms with E-state index in [0.717, 1.165) is 6.54 Å². The number of phenols is 2. The van der Waals surface area contributed by atoms with Gasteiger partial charge in [0, 0.05) is 17.8 Å². The van der Waals surface area contributed by atoms with Crippen molar-refractivity contribution in [1.29, 1.82) is 0 Å². The van der Waals surface area contributed by atoms with E-state index < -0.39 is 0 Å². The smallest absolute Gasteiger partial charge is 0.124 e. The van der Waals surface area contributed by atoms with Gasteiger partial charge in [-0.15, -0.1) is 0 Å². The van der Waals surface area contributed by atoms with Gasteiger partial charge in [0.1, 0.15) is 11.5 Å². The van der Waals surface area contributed by atoms with Crippen molar-refractivity contribution < 1.29 is 10.2 Å². The fourth-order valence-corrected chi connectivity index (χ4v) is 3.62. The van der Waals surface area contributed by atoms with Crippen LogP contribution in [0.3, 0.4) is 0 Å². The van der Waals surface area contributed by atoms with E-state index in [-0.39, 0.29) is 17.5 Å². The van der Waals surface area contributed by atoms with Crippen LogP contribution in [0.2, 0.25) is 0 Å². The second-order valence-electron chi connectivity index (χ2n) is 4.83. The second kappa shape index (κ2) is 6.34. The summed E-state index contributed by atoms with van der Waals surface area (Å²) in [4.78, 5) is 0. The second-order valence-corrected chi connectivity index (χ2v) is 6.24. The van der Waals surface area contributed by atoms with Crippen molar-refractivity contribution in [2.75, 3.05) is 12.3 Å². The summed E-state index contributed by atoms with van der Waals surface area (Å²) in [6.07, 6.45) is 3.91. The van der Waals surface area contributed by atoms with E-state index in [4.69, 9.17) is 0 Å². The molecule has 0 aromatic heterocycles. The first kappa shape index (κ1) is 13.6. The van der Waals surface area contributed by atoms with Crippen molar-refractivity contribution >= 4 is 11.8 Å². The number of rotatable bonds is 4. The van der Waals surface area contributed by atoms with Crippen molar-refractivity contribution in [2.45, 2.75) is 37.5 Å². The van der Waals surface area contributed by atoms with Gasteiger partial charge in [0.25, 0.3) is 0 Å². The molecule has 1 heterocycles. The van der Waals surface area contributed by atoms with E-state index in [9.17, 15) is 10.2 Å². The van der Waals surface area contributed by atoms with Gasteiger partial charge in [-0.05, 0) is 37.7 Å². The summed E-state index contributed by atoms with van der Waals surface area (Å²) in [5, 5.41) is 23.7. The molecular formula is C14H21NO2S. The minimum absolute atomic E-state index is 0.0336. The number of aromatic hydroxyl groups is 2. The molecule has 3 N–H and O–H groups in total. The van der Waals surface area contributed by atoms with Crippen LogP contribution in [0.4, 0.5) is 0 Å². The monoisotopic (exact) mass is 267 g/mol. The van der Waals surface area contributed by atoms with E-state index in [1.807, 2.05) is 18.7 Å². The van der Waals surface area contributed by atoms with E-state index in [2.05, 4.69) is 5.32 Å². The molecule has 4 heteroatoms. The van der Waals surface area contributed by atoms with E-state index >= 15 is 0 Å². The lowest BCUT2D eigenvalue weighted by atomic mass is 10.1. The molecule has 1 aromatic rings. The van der Waals surface area contributed by atoms with Crippen molar-refractivity contribution in [3.8, 4) is 11.5 Å². The maximum Gasteiger partial charge on any atom is 0.124 e. The van der Waals surface area contributed by atoms with Crippen molar-refractivity contribution in [3.63, 3.8) is 0 Å². The summed E-state index contributed by atoms with van der Waals surface area (Å²) in [7, 11) is 0. The highest BCUT2D eigenvalue weighted by Crippen LogP contribution is 2.32. The third-order valence-corrected chi connectivity index (χ3v) is 4.82. The molecule has 0 aliphatic carbocycles. The van der Waals surface area contributed by atoms with Crippen LogP contribution in [-0.2, 0) is 0 Å². The van der Waals surface area contributed by atoms with Crippen LogP contribution in [0.1, 0.15) is 37.8 Å². The predicted molar refractivity (Wildman–Crippen MR) is 76.3 cm³/mol. The molecule has 3 nitrogen and oxygen atoms in total. The first-order valence-corrected chi connectivity index (χ1v) is 7.59. The molecule has 0 saturated carbocycles. The molecule has 1 aromatic carbocycles. The van der Waals surface area contributed by atoms with Crippen LogP contribution in [0, 0.1) is 0 Å². The Morgan fingerprint density at radius 1 is 1.33 bits per heavy atom. The molecular weight excluding hydrogens is 246 g/mol. The van der Waals surface area contributed by atoms with Gasteiger partial charge in [-0.25, -0.2) is 0 Å². The molecule has 1 aliphatic heterocycles. The molecule has 2 unspecified atom stereocenters. The van der Waals surface area contributed by atoms with Crippen molar-refractivity contribution in [1.82, 2.24) is 5.32 Å². The van der Waals surface area contributed by atoms with Gasteiger partial charge in [0.2, 0.25) is 0 Å². The number of phenolic OH excluding ortho intramolecular Hbond substituents is 2. The minimum atomic E-state index is -0.0336. The lowest BCUT2D eigenvalue weighted by Gasteiger charge is -2.24. The maximum atomic E-state index is 9.79. The first-order chi connectivity index (χ1) is 8.68. The molecule has 18 heavy (non-hydrogen) atoms. The van der Waals surface area contributed by atoms with Crippen LogP contribution < -0.4 is 5.32 Å². The first-order valence-electron chi connectivity index (χ1n) is 6.54. The van der Waals surface area contributed by atoms with Crippen LogP contribution in [-0.4, -0.2) is 27.8 Å². The van der Waals surface area contributed by atoms with Crippen LogP contribution in [0.5, 0.6) is 11.5 Å². The van der Waals surface area contributed by atoms with Crippen molar-refractivity contribution in [2.24, 2.45) is 0 Å². The molecule has 2 atom stereocenters. The lowest BCUT2D eigenvalue weighted by Crippen LogP contribution is -2.29. The number of thioether (sulfide) groups is 1. The van der Waals surface area contributed by atoms with E-state index in [1.54, 1.807) is 18.2 Å². The molecule has 1 fully saturated rings.